The first-order valence-corrected chi connectivity index (χ1v) is 7.30. The van der Waals surface area contributed by atoms with Gasteiger partial charge in [0, 0.05) is 5.02 Å². The molecule has 0 aliphatic heterocycles. The summed E-state index contributed by atoms with van der Waals surface area (Å²) in [5.74, 6) is 0.542. The van der Waals surface area contributed by atoms with Crippen molar-refractivity contribution in [3.05, 3.63) is 69.7 Å². The second-order valence-electron chi connectivity index (χ2n) is 5.18. The van der Waals surface area contributed by atoms with E-state index in [1.165, 1.54) is 5.56 Å². The van der Waals surface area contributed by atoms with Gasteiger partial charge in [0.1, 0.15) is 0 Å². The molecule has 2 aromatic carbocycles. The van der Waals surface area contributed by atoms with E-state index in [-0.39, 0.29) is 5.38 Å². The largest absolute Gasteiger partial charge is 0.113 e. The van der Waals surface area contributed by atoms with E-state index in [0.29, 0.717) is 5.92 Å². The van der Waals surface area contributed by atoms with Crippen molar-refractivity contribution < 1.29 is 0 Å². The molecule has 0 heterocycles. The molecule has 0 bridgehead atoms. The first kappa shape index (κ1) is 14.4. The maximum Gasteiger partial charge on any atom is 0.0838 e. The molecule has 0 aliphatic rings. The van der Waals surface area contributed by atoms with E-state index in [1.54, 1.807) is 0 Å². The van der Waals surface area contributed by atoms with E-state index in [9.17, 15) is 0 Å². The summed E-state index contributed by atoms with van der Waals surface area (Å²) in [7, 11) is 0. The normalized spacial score (nSPS) is 12.7. The number of aryl methyl sites for hydroxylation is 1. The molecule has 0 aliphatic carbocycles. The van der Waals surface area contributed by atoms with E-state index in [4.69, 9.17) is 23.2 Å². The molecule has 0 radical (unpaired) electrons. The van der Waals surface area contributed by atoms with Crippen molar-refractivity contribution in [1.82, 2.24) is 0 Å². The van der Waals surface area contributed by atoms with E-state index in [0.717, 1.165) is 21.7 Å². The van der Waals surface area contributed by atoms with E-state index in [1.807, 2.05) is 25.1 Å². The summed E-state index contributed by atoms with van der Waals surface area (Å²) in [6.07, 6.45) is 0. The number of alkyl halides is 1. The van der Waals surface area contributed by atoms with Crippen LogP contribution in [0.2, 0.25) is 5.02 Å². The third-order valence-electron chi connectivity index (χ3n) is 3.40. The summed E-state index contributed by atoms with van der Waals surface area (Å²) in [6, 6.07) is 14.4. The van der Waals surface area contributed by atoms with Crippen LogP contribution in [0, 0.1) is 6.92 Å². The van der Waals surface area contributed by atoms with Crippen LogP contribution < -0.4 is 0 Å². The van der Waals surface area contributed by atoms with Crippen LogP contribution >= 0.6 is 23.2 Å². The van der Waals surface area contributed by atoms with Gasteiger partial charge in [-0.05, 0) is 47.2 Å². The van der Waals surface area contributed by atoms with Gasteiger partial charge >= 0.3 is 0 Å². The van der Waals surface area contributed by atoms with Crippen molar-refractivity contribution in [1.29, 1.82) is 0 Å². The van der Waals surface area contributed by atoms with Gasteiger partial charge in [-0.25, -0.2) is 0 Å². The molecule has 0 aromatic heterocycles. The minimum absolute atomic E-state index is 0.126. The second-order valence-corrected chi connectivity index (χ2v) is 6.06. The lowest BCUT2D eigenvalue weighted by Crippen LogP contribution is -1.97. The summed E-state index contributed by atoms with van der Waals surface area (Å²) >= 11 is 12.6. The van der Waals surface area contributed by atoms with Gasteiger partial charge in [0.25, 0.3) is 0 Å². The van der Waals surface area contributed by atoms with Gasteiger partial charge in [-0.1, -0.05) is 55.8 Å². The van der Waals surface area contributed by atoms with Gasteiger partial charge in [0.15, 0.2) is 0 Å². The number of benzene rings is 2. The van der Waals surface area contributed by atoms with Crippen LogP contribution in [0.4, 0.5) is 0 Å². The third-order valence-corrected chi connectivity index (χ3v) is 4.12. The van der Waals surface area contributed by atoms with E-state index < -0.39 is 0 Å². The fourth-order valence-electron chi connectivity index (χ4n) is 2.15. The quantitative estimate of drug-likeness (QED) is 0.600. The van der Waals surface area contributed by atoms with Crippen LogP contribution in [-0.2, 0) is 0 Å². The molecule has 1 atom stereocenters. The van der Waals surface area contributed by atoms with Gasteiger partial charge < -0.3 is 0 Å². The molecule has 2 aromatic rings. The molecule has 2 rings (SSSR count). The molecule has 0 nitrogen and oxygen atoms in total. The second kappa shape index (κ2) is 5.98. The van der Waals surface area contributed by atoms with Gasteiger partial charge in [-0.3, -0.25) is 0 Å². The fraction of sp³-hybridized carbons (Fsp3) is 0.294. The average Bonchev–Trinajstić information content (AvgIpc) is 2.38. The zero-order chi connectivity index (χ0) is 14.0. The first-order valence-electron chi connectivity index (χ1n) is 6.49. The fourth-order valence-corrected chi connectivity index (χ4v) is 2.77. The Hall–Kier alpha value is -0.980. The molecule has 1 unspecified atom stereocenters. The molecule has 0 saturated carbocycles. The minimum Gasteiger partial charge on any atom is -0.113 e. The van der Waals surface area contributed by atoms with Crippen molar-refractivity contribution in [2.24, 2.45) is 0 Å². The number of rotatable bonds is 3. The summed E-state index contributed by atoms with van der Waals surface area (Å²) in [4.78, 5) is 0. The van der Waals surface area contributed by atoms with E-state index >= 15 is 0 Å². The van der Waals surface area contributed by atoms with Crippen molar-refractivity contribution in [3.63, 3.8) is 0 Å². The summed E-state index contributed by atoms with van der Waals surface area (Å²) in [5, 5.41) is 0.624. The lowest BCUT2D eigenvalue weighted by atomic mass is 9.97. The summed E-state index contributed by atoms with van der Waals surface area (Å²) in [5.41, 5.74) is 4.70. The Balaban J connectivity index is 2.30. The van der Waals surface area contributed by atoms with Gasteiger partial charge in [0.2, 0.25) is 0 Å². The predicted molar refractivity (Wildman–Crippen MR) is 84.4 cm³/mol. The van der Waals surface area contributed by atoms with Gasteiger partial charge in [-0.2, -0.15) is 0 Å². The van der Waals surface area contributed by atoms with Gasteiger partial charge in [0.05, 0.1) is 5.38 Å². The monoisotopic (exact) mass is 292 g/mol. The lowest BCUT2D eigenvalue weighted by molar-refractivity contribution is 0.865. The maximum atomic E-state index is 6.58. The van der Waals surface area contributed by atoms with Crippen molar-refractivity contribution in [2.75, 3.05) is 0 Å². The number of hydrogen-bond acceptors (Lipinski definition) is 0. The van der Waals surface area contributed by atoms with Crippen molar-refractivity contribution in [3.8, 4) is 0 Å². The molecular weight excluding hydrogens is 275 g/mol. The van der Waals surface area contributed by atoms with E-state index in [2.05, 4.69) is 38.1 Å². The molecular formula is C17H18Cl2. The molecule has 0 fully saturated rings. The number of hydrogen-bond donors (Lipinski definition) is 0. The predicted octanol–water partition coefficient (Wildman–Crippen LogP) is 6.10. The zero-order valence-corrected chi connectivity index (χ0v) is 13.0. The highest BCUT2D eigenvalue weighted by molar-refractivity contribution is 6.30. The molecule has 19 heavy (non-hydrogen) atoms. The van der Waals surface area contributed by atoms with Crippen LogP contribution in [0.25, 0.3) is 0 Å². The smallest absolute Gasteiger partial charge is 0.0838 e. The minimum atomic E-state index is -0.126. The Morgan fingerprint density at radius 3 is 2.00 bits per heavy atom. The molecule has 0 N–H and O–H groups in total. The topological polar surface area (TPSA) is 0 Å². The highest BCUT2D eigenvalue weighted by atomic mass is 35.5. The first-order chi connectivity index (χ1) is 8.99. The van der Waals surface area contributed by atoms with Crippen LogP contribution in [-0.4, -0.2) is 0 Å². The van der Waals surface area contributed by atoms with Crippen LogP contribution in [0.5, 0.6) is 0 Å². The van der Waals surface area contributed by atoms with Crippen LogP contribution in [0.1, 0.15) is 47.4 Å². The standard InChI is InChI=1S/C17H18Cl2/c1-11(2)13-4-6-14(7-5-13)17(19)16-9-8-15(18)10-12(16)3/h4-11,17H,1-3H3. The molecule has 100 valence electrons. The Morgan fingerprint density at radius 1 is 0.895 bits per heavy atom. The number of halogens is 2. The Bertz CT molecular complexity index is 556. The highest BCUT2D eigenvalue weighted by Crippen LogP contribution is 2.32. The Labute approximate surface area is 125 Å². The maximum absolute atomic E-state index is 6.58. The molecule has 0 amide bonds. The third kappa shape index (κ3) is 3.32. The molecule has 2 heteroatoms. The summed E-state index contributed by atoms with van der Waals surface area (Å²) in [6.45, 7) is 6.42. The zero-order valence-electron chi connectivity index (χ0n) is 11.5. The van der Waals surface area contributed by atoms with Crippen molar-refractivity contribution >= 4 is 23.2 Å². The van der Waals surface area contributed by atoms with Crippen LogP contribution in [0.15, 0.2) is 42.5 Å². The highest BCUT2D eigenvalue weighted by Gasteiger charge is 2.13. The van der Waals surface area contributed by atoms with Gasteiger partial charge in [-0.15, -0.1) is 11.6 Å². The molecule has 0 saturated heterocycles. The summed E-state index contributed by atoms with van der Waals surface area (Å²) < 4.78 is 0. The SMILES string of the molecule is Cc1cc(Cl)ccc1C(Cl)c1ccc(C(C)C)cc1. The lowest BCUT2D eigenvalue weighted by Gasteiger charge is -2.14. The van der Waals surface area contributed by atoms with Crippen molar-refractivity contribution in [2.45, 2.75) is 32.1 Å². The Morgan fingerprint density at radius 2 is 1.47 bits per heavy atom. The Kier molecular flexibility index (Phi) is 4.54. The average molecular weight is 293 g/mol. The van der Waals surface area contributed by atoms with Crippen LogP contribution in [0.3, 0.4) is 0 Å². The molecule has 0 spiro atoms.